The highest BCUT2D eigenvalue weighted by molar-refractivity contribution is 5.71. The minimum Gasteiger partial charge on any atom is -0.481 e. The van der Waals surface area contributed by atoms with Crippen molar-refractivity contribution in [1.29, 1.82) is 0 Å². The number of nitrogens with one attached hydrogen (secondary N) is 1. The molecular weight excluding hydrogens is 227 g/mol. The minimum atomic E-state index is -4.77. The van der Waals surface area contributed by atoms with Crippen LogP contribution in [0.1, 0.15) is 20.3 Å². The number of carboxylic acid groups (broad SMARTS) is 1. The predicted octanol–water partition coefficient (Wildman–Crippen LogP) is 1.00. The van der Waals surface area contributed by atoms with Gasteiger partial charge in [-0.15, -0.1) is 0 Å². The van der Waals surface area contributed by atoms with Crippen LogP contribution in [-0.4, -0.2) is 41.0 Å². The molecule has 0 fully saturated rings. The van der Waals surface area contributed by atoms with E-state index in [1.54, 1.807) is 13.8 Å². The molecule has 3 N–H and O–H groups in total. The fraction of sp³-hybridized carbons (Fsp3) is 0.889. The van der Waals surface area contributed by atoms with E-state index in [2.05, 4.69) is 5.32 Å². The standard InChI is InChI=1S/C9H16F3NO3/c1-8(2,3-4-14)13-5-6(7(15)16)9(10,11)12/h6,13-14H,3-5H2,1-2H3,(H,15,16). The van der Waals surface area contributed by atoms with Crippen molar-refractivity contribution in [1.82, 2.24) is 5.32 Å². The van der Waals surface area contributed by atoms with E-state index < -0.39 is 30.1 Å². The molecule has 1 atom stereocenters. The van der Waals surface area contributed by atoms with E-state index in [1.807, 2.05) is 0 Å². The summed E-state index contributed by atoms with van der Waals surface area (Å²) in [5, 5.41) is 19.6. The molecule has 0 saturated heterocycles. The van der Waals surface area contributed by atoms with Gasteiger partial charge in [0.2, 0.25) is 0 Å². The van der Waals surface area contributed by atoms with Gasteiger partial charge in [-0.05, 0) is 20.3 Å². The minimum absolute atomic E-state index is 0.177. The first-order valence-corrected chi connectivity index (χ1v) is 4.75. The third-order valence-electron chi connectivity index (χ3n) is 2.21. The summed E-state index contributed by atoms with van der Waals surface area (Å²) in [4.78, 5) is 10.4. The molecule has 0 aliphatic carbocycles. The highest BCUT2D eigenvalue weighted by Crippen LogP contribution is 2.26. The topological polar surface area (TPSA) is 69.6 Å². The van der Waals surface area contributed by atoms with Crippen LogP contribution in [0.4, 0.5) is 13.2 Å². The number of rotatable bonds is 6. The Hall–Kier alpha value is -0.820. The number of aliphatic carboxylic acids is 1. The maximum atomic E-state index is 12.3. The molecule has 1 unspecified atom stereocenters. The lowest BCUT2D eigenvalue weighted by atomic mass is 9.99. The molecule has 96 valence electrons. The van der Waals surface area contributed by atoms with Crippen molar-refractivity contribution in [2.45, 2.75) is 32.0 Å². The number of hydrogen-bond donors (Lipinski definition) is 3. The van der Waals surface area contributed by atoms with Gasteiger partial charge >= 0.3 is 12.1 Å². The predicted molar refractivity (Wildman–Crippen MR) is 51.0 cm³/mol. The van der Waals surface area contributed by atoms with Crippen molar-refractivity contribution in [3.63, 3.8) is 0 Å². The van der Waals surface area contributed by atoms with Crippen molar-refractivity contribution in [2.75, 3.05) is 13.2 Å². The second-order valence-electron chi connectivity index (χ2n) is 4.17. The number of carbonyl (C=O) groups is 1. The molecule has 0 bridgehead atoms. The first-order chi connectivity index (χ1) is 7.10. The summed E-state index contributed by atoms with van der Waals surface area (Å²) < 4.78 is 36.8. The van der Waals surface area contributed by atoms with Crippen molar-refractivity contribution < 1.29 is 28.2 Å². The average molecular weight is 243 g/mol. The second kappa shape index (κ2) is 5.49. The summed E-state index contributed by atoms with van der Waals surface area (Å²) in [7, 11) is 0. The van der Waals surface area contributed by atoms with E-state index >= 15 is 0 Å². The van der Waals surface area contributed by atoms with Gasteiger partial charge in [-0.1, -0.05) is 0 Å². The second-order valence-corrected chi connectivity index (χ2v) is 4.17. The molecule has 0 saturated carbocycles. The smallest absolute Gasteiger partial charge is 0.403 e. The Morgan fingerprint density at radius 3 is 2.19 bits per heavy atom. The van der Waals surface area contributed by atoms with E-state index in [0.717, 1.165) is 0 Å². The molecule has 0 aliphatic rings. The van der Waals surface area contributed by atoms with Gasteiger partial charge in [-0.2, -0.15) is 13.2 Å². The SMILES string of the molecule is CC(C)(CCO)NCC(C(=O)O)C(F)(F)F. The van der Waals surface area contributed by atoms with Crippen LogP contribution >= 0.6 is 0 Å². The van der Waals surface area contributed by atoms with Crippen molar-refractivity contribution >= 4 is 5.97 Å². The van der Waals surface area contributed by atoms with Gasteiger partial charge in [0.25, 0.3) is 0 Å². The number of halogens is 3. The zero-order chi connectivity index (χ0) is 13.0. The molecule has 0 amide bonds. The van der Waals surface area contributed by atoms with Crippen LogP contribution < -0.4 is 5.32 Å². The van der Waals surface area contributed by atoms with E-state index in [-0.39, 0.29) is 13.0 Å². The monoisotopic (exact) mass is 243 g/mol. The Labute approximate surface area is 91.5 Å². The summed E-state index contributed by atoms with van der Waals surface area (Å²) in [6.07, 6.45) is -4.52. The van der Waals surface area contributed by atoms with E-state index in [0.29, 0.717) is 0 Å². The van der Waals surface area contributed by atoms with Gasteiger partial charge in [0, 0.05) is 18.7 Å². The third kappa shape index (κ3) is 5.32. The van der Waals surface area contributed by atoms with Crippen molar-refractivity contribution in [3.8, 4) is 0 Å². The van der Waals surface area contributed by atoms with E-state index in [4.69, 9.17) is 10.2 Å². The number of hydrogen-bond acceptors (Lipinski definition) is 3. The lowest BCUT2D eigenvalue weighted by molar-refractivity contribution is -0.192. The maximum Gasteiger partial charge on any atom is 0.403 e. The molecule has 0 radical (unpaired) electrons. The lowest BCUT2D eigenvalue weighted by Crippen LogP contribution is -2.47. The van der Waals surface area contributed by atoms with Crippen LogP contribution in [0, 0.1) is 5.92 Å². The fourth-order valence-corrected chi connectivity index (χ4v) is 1.09. The summed E-state index contributed by atoms with van der Waals surface area (Å²) in [6, 6.07) is 0. The maximum absolute atomic E-state index is 12.3. The van der Waals surface area contributed by atoms with Crippen LogP contribution in [-0.2, 0) is 4.79 Å². The highest BCUT2D eigenvalue weighted by Gasteiger charge is 2.45. The number of aliphatic hydroxyl groups is 1. The molecule has 4 nitrogen and oxygen atoms in total. The summed E-state index contributed by atoms with van der Waals surface area (Å²) in [5.74, 6) is -4.33. The summed E-state index contributed by atoms with van der Waals surface area (Å²) in [6.45, 7) is 2.31. The van der Waals surface area contributed by atoms with E-state index in [9.17, 15) is 18.0 Å². The number of alkyl halides is 3. The molecule has 0 rings (SSSR count). The molecule has 0 aromatic heterocycles. The summed E-state index contributed by atoms with van der Waals surface area (Å²) >= 11 is 0. The zero-order valence-electron chi connectivity index (χ0n) is 9.14. The first kappa shape index (κ1) is 15.2. The quantitative estimate of drug-likeness (QED) is 0.651. The fourth-order valence-electron chi connectivity index (χ4n) is 1.09. The molecule has 0 spiro atoms. The Morgan fingerprint density at radius 2 is 1.88 bits per heavy atom. The Kier molecular flexibility index (Phi) is 5.21. The van der Waals surface area contributed by atoms with Gasteiger partial charge in [-0.3, -0.25) is 4.79 Å². The Balaban J connectivity index is 4.40. The van der Waals surface area contributed by atoms with Gasteiger partial charge in [0.05, 0.1) is 0 Å². The summed E-state index contributed by atoms with van der Waals surface area (Å²) in [5.41, 5.74) is -0.728. The number of aliphatic hydroxyl groups excluding tert-OH is 1. The van der Waals surface area contributed by atoms with Crippen LogP contribution in [0.15, 0.2) is 0 Å². The van der Waals surface area contributed by atoms with Gasteiger partial charge in [-0.25, -0.2) is 0 Å². The van der Waals surface area contributed by atoms with Crippen molar-refractivity contribution in [3.05, 3.63) is 0 Å². The Morgan fingerprint density at radius 1 is 1.38 bits per heavy atom. The van der Waals surface area contributed by atoms with Crippen molar-refractivity contribution in [2.24, 2.45) is 5.92 Å². The third-order valence-corrected chi connectivity index (χ3v) is 2.21. The molecule has 0 aromatic carbocycles. The molecular formula is C9H16F3NO3. The lowest BCUT2D eigenvalue weighted by Gasteiger charge is -2.27. The highest BCUT2D eigenvalue weighted by atomic mass is 19.4. The van der Waals surface area contributed by atoms with Crippen LogP contribution in [0.5, 0.6) is 0 Å². The normalized spacial score (nSPS) is 14.9. The largest absolute Gasteiger partial charge is 0.481 e. The molecule has 7 heteroatoms. The van der Waals surface area contributed by atoms with Crippen LogP contribution in [0.3, 0.4) is 0 Å². The average Bonchev–Trinajstić information content (AvgIpc) is 1.99. The van der Waals surface area contributed by atoms with E-state index in [1.165, 1.54) is 0 Å². The molecule has 0 aliphatic heterocycles. The zero-order valence-corrected chi connectivity index (χ0v) is 9.14. The molecule has 16 heavy (non-hydrogen) atoms. The first-order valence-electron chi connectivity index (χ1n) is 4.75. The van der Waals surface area contributed by atoms with Gasteiger partial charge < -0.3 is 15.5 Å². The van der Waals surface area contributed by atoms with Gasteiger partial charge in [0.1, 0.15) is 0 Å². The molecule has 0 aromatic rings. The molecule has 0 heterocycles. The number of carboxylic acids is 1. The Bertz CT molecular complexity index is 241. The van der Waals surface area contributed by atoms with Gasteiger partial charge in [0.15, 0.2) is 5.92 Å². The van der Waals surface area contributed by atoms with Crippen LogP contribution in [0.25, 0.3) is 0 Å². The van der Waals surface area contributed by atoms with Crippen LogP contribution in [0.2, 0.25) is 0 Å².